The average Bonchev–Trinajstić information content (AvgIpc) is 3.05. The van der Waals surface area contributed by atoms with Crippen LogP contribution < -0.4 is 10.1 Å². The summed E-state index contributed by atoms with van der Waals surface area (Å²) in [6, 6.07) is 10.8. The maximum absolute atomic E-state index is 12.7. The Bertz CT molecular complexity index is 895. The lowest BCUT2D eigenvalue weighted by atomic mass is 10.00. The fourth-order valence-electron chi connectivity index (χ4n) is 2.39. The van der Waals surface area contributed by atoms with E-state index in [1.807, 2.05) is 32.0 Å². The van der Waals surface area contributed by atoms with Gasteiger partial charge in [-0.1, -0.05) is 18.5 Å². The van der Waals surface area contributed by atoms with Crippen molar-refractivity contribution in [2.45, 2.75) is 25.8 Å². The van der Waals surface area contributed by atoms with Crippen molar-refractivity contribution in [1.82, 2.24) is 19.9 Å². The van der Waals surface area contributed by atoms with Crippen molar-refractivity contribution in [3.05, 3.63) is 59.5 Å². The molecule has 3 aromatic heterocycles. The van der Waals surface area contributed by atoms with Crippen molar-refractivity contribution in [3.8, 4) is 5.88 Å². The van der Waals surface area contributed by atoms with E-state index in [0.29, 0.717) is 23.0 Å². The highest BCUT2D eigenvalue weighted by molar-refractivity contribution is 6.31. The molecule has 3 aromatic rings. The van der Waals surface area contributed by atoms with Gasteiger partial charge in [-0.05, 0) is 49.7 Å². The molecular formula is C18H19ClN4O2. The van der Waals surface area contributed by atoms with Gasteiger partial charge in [0.05, 0.1) is 11.1 Å². The highest BCUT2D eigenvalue weighted by Crippen LogP contribution is 2.22. The van der Waals surface area contributed by atoms with E-state index in [1.165, 1.54) is 0 Å². The maximum Gasteiger partial charge on any atom is 0.270 e. The standard InChI is InChI=1S/C18H19ClN4O2/c1-3-18(2,12-25-17-14(19)7-5-10-20-17)22-16(24)15-9-8-13-6-4-11-21-23(13)15/h4-11H,3,12H2,1-2H3,(H,22,24). The molecule has 0 aliphatic heterocycles. The molecule has 0 aromatic carbocycles. The predicted molar refractivity (Wildman–Crippen MR) is 96.1 cm³/mol. The molecule has 0 spiro atoms. The molecule has 3 rings (SSSR count). The molecule has 130 valence electrons. The third kappa shape index (κ3) is 3.74. The Morgan fingerprint density at radius 2 is 2.08 bits per heavy atom. The number of aromatic nitrogens is 3. The number of nitrogens with zero attached hydrogens (tertiary/aromatic N) is 3. The lowest BCUT2D eigenvalue weighted by Crippen LogP contribution is -2.50. The van der Waals surface area contributed by atoms with Crippen LogP contribution in [0.5, 0.6) is 5.88 Å². The summed E-state index contributed by atoms with van der Waals surface area (Å²) in [5, 5.41) is 7.69. The van der Waals surface area contributed by atoms with Gasteiger partial charge in [0.1, 0.15) is 17.3 Å². The Hall–Kier alpha value is -2.60. The van der Waals surface area contributed by atoms with E-state index in [0.717, 1.165) is 5.52 Å². The zero-order valence-electron chi connectivity index (χ0n) is 14.1. The molecule has 1 atom stereocenters. The Morgan fingerprint density at radius 3 is 2.84 bits per heavy atom. The summed E-state index contributed by atoms with van der Waals surface area (Å²) in [5.74, 6) is 0.145. The second kappa shape index (κ2) is 7.11. The van der Waals surface area contributed by atoms with Gasteiger partial charge in [0.2, 0.25) is 5.88 Å². The number of nitrogens with one attached hydrogen (secondary N) is 1. The predicted octanol–water partition coefficient (Wildman–Crippen LogP) is 3.36. The maximum atomic E-state index is 12.7. The Kier molecular flexibility index (Phi) is 4.90. The van der Waals surface area contributed by atoms with Crippen LogP contribution >= 0.6 is 11.6 Å². The van der Waals surface area contributed by atoms with Crippen molar-refractivity contribution in [3.63, 3.8) is 0 Å². The molecule has 3 heterocycles. The van der Waals surface area contributed by atoms with Gasteiger partial charge in [-0.15, -0.1) is 0 Å². The lowest BCUT2D eigenvalue weighted by Gasteiger charge is -2.29. The van der Waals surface area contributed by atoms with Crippen LogP contribution in [0.15, 0.2) is 48.8 Å². The van der Waals surface area contributed by atoms with Gasteiger partial charge in [-0.25, -0.2) is 9.50 Å². The first-order valence-electron chi connectivity index (χ1n) is 8.01. The van der Waals surface area contributed by atoms with Crippen LogP contribution in [-0.4, -0.2) is 32.7 Å². The summed E-state index contributed by atoms with van der Waals surface area (Å²) in [6.07, 6.45) is 3.94. The van der Waals surface area contributed by atoms with Crippen LogP contribution in [-0.2, 0) is 0 Å². The fourth-order valence-corrected chi connectivity index (χ4v) is 2.56. The first kappa shape index (κ1) is 17.2. The smallest absolute Gasteiger partial charge is 0.270 e. The molecule has 0 aliphatic rings. The third-order valence-electron chi connectivity index (χ3n) is 4.10. The highest BCUT2D eigenvalue weighted by Gasteiger charge is 2.27. The normalized spacial score (nSPS) is 13.4. The van der Waals surface area contributed by atoms with Crippen LogP contribution in [0.3, 0.4) is 0 Å². The third-order valence-corrected chi connectivity index (χ3v) is 4.39. The number of hydrogen-bond donors (Lipinski definition) is 1. The van der Waals surface area contributed by atoms with Gasteiger partial charge in [0.25, 0.3) is 5.91 Å². The number of amides is 1. The minimum atomic E-state index is -0.573. The van der Waals surface area contributed by atoms with E-state index in [2.05, 4.69) is 15.4 Å². The van der Waals surface area contributed by atoms with Crippen molar-refractivity contribution < 1.29 is 9.53 Å². The van der Waals surface area contributed by atoms with Crippen LogP contribution in [0.2, 0.25) is 5.02 Å². The Morgan fingerprint density at radius 1 is 1.28 bits per heavy atom. The topological polar surface area (TPSA) is 68.5 Å². The number of fused-ring (bicyclic) bond motifs is 1. The second-order valence-electron chi connectivity index (χ2n) is 6.03. The van der Waals surface area contributed by atoms with Crippen LogP contribution in [0, 0.1) is 0 Å². The number of pyridine rings is 1. The summed E-state index contributed by atoms with van der Waals surface area (Å²) in [6.45, 7) is 4.16. The molecule has 7 heteroatoms. The molecule has 6 nitrogen and oxygen atoms in total. The second-order valence-corrected chi connectivity index (χ2v) is 6.43. The molecule has 0 aliphatic carbocycles. The largest absolute Gasteiger partial charge is 0.474 e. The van der Waals surface area contributed by atoms with Gasteiger partial charge in [0.15, 0.2) is 0 Å². The van der Waals surface area contributed by atoms with Crippen LogP contribution in [0.25, 0.3) is 5.52 Å². The van der Waals surface area contributed by atoms with E-state index >= 15 is 0 Å². The fraction of sp³-hybridized carbons (Fsp3) is 0.278. The SMILES string of the molecule is CCC(C)(COc1ncccc1Cl)NC(=O)c1ccc2cccnn12. The van der Waals surface area contributed by atoms with Gasteiger partial charge in [-0.2, -0.15) is 5.10 Å². The summed E-state index contributed by atoms with van der Waals surface area (Å²) < 4.78 is 7.33. The van der Waals surface area contributed by atoms with Gasteiger partial charge < -0.3 is 10.1 Å². The Labute approximate surface area is 150 Å². The number of rotatable bonds is 6. The molecule has 0 radical (unpaired) electrons. The molecule has 1 amide bonds. The van der Waals surface area contributed by atoms with Crippen LogP contribution in [0.1, 0.15) is 30.8 Å². The summed E-state index contributed by atoms with van der Waals surface area (Å²) in [7, 11) is 0. The molecule has 1 N–H and O–H groups in total. The molecule has 0 saturated carbocycles. The van der Waals surface area contributed by atoms with Crippen LogP contribution in [0.4, 0.5) is 0 Å². The van der Waals surface area contributed by atoms with Crippen molar-refractivity contribution in [2.24, 2.45) is 0 Å². The number of carbonyl (C=O) groups excluding carboxylic acids is 1. The summed E-state index contributed by atoms with van der Waals surface area (Å²) in [5.41, 5.74) is 0.769. The first-order valence-corrected chi connectivity index (χ1v) is 8.39. The van der Waals surface area contributed by atoms with Crippen molar-refractivity contribution >= 4 is 23.0 Å². The van der Waals surface area contributed by atoms with Crippen molar-refractivity contribution in [1.29, 1.82) is 0 Å². The minimum absolute atomic E-state index is 0.209. The highest BCUT2D eigenvalue weighted by atomic mass is 35.5. The minimum Gasteiger partial charge on any atom is -0.474 e. The summed E-state index contributed by atoms with van der Waals surface area (Å²) >= 11 is 6.06. The van der Waals surface area contributed by atoms with E-state index in [-0.39, 0.29) is 12.5 Å². The van der Waals surface area contributed by atoms with E-state index < -0.39 is 5.54 Å². The van der Waals surface area contributed by atoms with E-state index in [4.69, 9.17) is 16.3 Å². The number of halogens is 1. The van der Waals surface area contributed by atoms with Gasteiger partial charge in [0, 0.05) is 12.4 Å². The molecular weight excluding hydrogens is 340 g/mol. The zero-order valence-corrected chi connectivity index (χ0v) is 14.8. The zero-order chi connectivity index (χ0) is 17.9. The quantitative estimate of drug-likeness (QED) is 0.733. The number of hydrogen-bond acceptors (Lipinski definition) is 4. The number of carbonyl (C=O) groups is 1. The lowest BCUT2D eigenvalue weighted by molar-refractivity contribution is 0.0852. The Balaban J connectivity index is 1.74. The number of ether oxygens (including phenoxy) is 1. The average molecular weight is 359 g/mol. The first-order chi connectivity index (χ1) is 12.0. The van der Waals surface area contributed by atoms with Crippen molar-refractivity contribution in [2.75, 3.05) is 6.61 Å². The van der Waals surface area contributed by atoms with E-state index in [9.17, 15) is 4.79 Å². The molecule has 0 bridgehead atoms. The van der Waals surface area contributed by atoms with E-state index in [1.54, 1.807) is 35.1 Å². The monoisotopic (exact) mass is 358 g/mol. The van der Waals surface area contributed by atoms with Gasteiger partial charge >= 0.3 is 0 Å². The molecule has 0 saturated heterocycles. The molecule has 0 fully saturated rings. The molecule has 1 unspecified atom stereocenters. The molecule has 25 heavy (non-hydrogen) atoms. The van der Waals surface area contributed by atoms with Gasteiger partial charge in [-0.3, -0.25) is 4.79 Å². The summed E-state index contributed by atoms with van der Waals surface area (Å²) in [4.78, 5) is 16.8.